The number of rotatable bonds is 5. The normalized spacial score (nSPS) is 15.6. The van der Waals surface area contributed by atoms with Crippen LogP contribution in [0.15, 0.2) is 70.6 Å². The number of fused-ring (bicyclic) bond motifs is 1. The SMILES string of the molecule is COc1cc(C2CC(c3ccccc3O)=Nc3ccccc3S2)cc(OC)c1OC. The highest BCUT2D eigenvalue weighted by Crippen LogP contribution is 2.49. The Morgan fingerprint density at radius 1 is 0.900 bits per heavy atom. The van der Waals surface area contributed by atoms with Gasteiger partial charge in [-0.1, -0.05) is 24.3 Å². The summed E-state index contributed by atoms with van der Waals surface area (Å²) in [5, 5.41) is 10.5. The summed E-state index contributed by atoms with van der Waals surface area (Å²) >= 11 is 1.74. The fourth-order valence-corrected chi connectivity index (χ4v) is 4.78. The summed E-state index contributed by atoms with van der Waals surface area (Å²) in [6, 6.07) is 19.3. The highest BCUT2D eigenvalue weighted by Gasteiger charge is 2.26. The van der Waals surface area contributed by atoms with E-state index in [9.17, 15) is 5.11 Å². The van der Waals surface area contributed by atoms with Crippen molar-refractivity contribution in [1.82, 2.24) is 0 Å². The van der Waals surface area contributed by atoms with Gasteiger partial charge in [0.2, 0.25) is 5.75 Å². The number of aromatic hydroxyl groups is 1. The molecule has 6 heteroatoms. The van der Waals surface area contributed by atoms with Gasteiger partial charge >= 0.3 is 0 Å². The molecule has 5 nitrogen and oxygen atoms in total. The van der Waals surface area contributed by atoms with E-state index in [1.807, 2.05) is 48.5 Å². The number of hydrogen-bond donors (Lipinski definition) is 1. The van der Waals surface area contributed by atoms with Crippen molar-refractivity contribution in [2.24, 2.45) is 4.99 Å². The van der Waals surface area contributed by atoms with Gasteiger partial charge in [-0.2, -0.15) is 0 Å². The predicted molar refractivity (Wildman–Crippen MR) is 120 cm³/mol. The summed E-state index contributed by atoms with van der Waals surface area (Å²) < 4.78 is 16.6. The lowest BCUT2D eigenvalue weighted by atomic mass is 10.00. The van der Waals surface area contributed by atoms with Gasteiger partial charge in [0.05, 0.1) is 32.7 Å². The zero-order chi connectivity index (χ0) is 21.1. The zero-order valence-corrected chi connectivity index (χ0v) is 17.9. The predicted octanol–water partition coefficient (Wildman–Crippen LogP) is 5.78. The van der Waals surface area contributed by atoms with E-state index < -0.39 is 0 Å². The van der Waals surface area contributed by atoms with E-state index in [1.165, 1.54) is 0 Å². The van der Waals surface area contributed by atoms with Crippen LogP contribution in [-0.4, -0.2) is 32.1 Å². The molecule has 0 spiro atoms. The molecule has 1 N–H and O–H groups in total. The van der Waals surface area contributed by atoms with Crippen LogP contribution < -0.4 is 14.2 Å². The molecule has 0 saturated heterocycles. The molecule has 1 atom stereocenters. The van der Waals surface area contributed by atoms with Crippen molar-refractivity contribution in [3.05, 3.63) is 71.8 Å². The molecule has 0 aromatic heterocycles. The molecule has 0 aliphatic carbocycles. The summed E-state index contributed by atoms with van der Waals surface area (Å²) in [6.07, 6.45) is 0.634. The van der Waals surface area contributed by atoms with E-state index in [2.05, 4.69) is 6.07 Å². The fraction of sp³-hybridized carbons (Fsp3) is 0.208. The highest BCUT2D eigenvalue weighted by atomic mass is 32.2. The van der Waals surface area contributed by atoms with Crippen molar-refractivity contribution < 1.29 is 19.3 Å². The monoisotopic (exact) mass is 421 g/mol. The first-order chi connectivity index (χ1) is 14.6. The second-order valence-corrected chi connectivity index (χ2v) is 8.06. The first-order valence-electron chi connectivity index (χ1n) is 9.56. The Morgan fingerprint density at radius 2 is 1.57 bits per heavy atom. The number of ether oxygens (including phenoxy) is 3. The van der Waals surface area contributed by atoms with Gasteiger partial charge in [0, 0.05) is 22.1 Å². The van der Waals surface area contributed by atoms with E-state index in [4.69, 9.17) is 19.2 Å². The summed E-state index contributed by atoms with van der Waals surface area (Å²) in [5.41, 5.74) is 3.52. The van der Waals surface area contributed by atoms with Gasteiger partial charge in [-0.25, -0.2) is 0 Å². The molecule has 0 bridgehead atoms. The molecule has 30 heavy (non-hydrogen) atoms. The van der Waals surface area contributed by atoms with Gasteiger partial charge in [-0.15, -0.1) is 11.8 Å². The lowest BCUT2D eigenvalue weighted by Gasteiger charge is -2.20. The Labute approximate surface area is 180 Å². The Balaban J connectivity index is 1.84. The Bertz CT molecular complexity index is 1070. The number of thioether (sulfide) groups is 1. The third-order valence-electron chi connectivity index (χ3n) is 5.04. The molecule has 1 unspecified atom stereocenters. The molecule has 3 aromatic carbocycles. The number of phenols is 1. The van der Waals surface area contributed by atoms with Gasteiger partial charge in [0.15, 0.2) is 11.5 Å². The lowest BCUT2D eigenvalue weighted by Crippen LogP contribution is -2.06. The average Bonchev–Trinajstić information content (AvgIpc) is 2.98. The number of aliphatic imine (C=N–C) groups is 1. The molecule has 1 heterocycles. The van der Waals surface area contributed by atoms with Crippen LogP contribution in [0.1, 0.15) is 22.8 Å². The number of hydrogen-bond acceptors (Lipinski definition) is 6. The van der Waals surface area contributed by atoms with Crippen LogP contribution in [0.3, 0.4) is 0 Å². The molecule has 0 radical (unpaired) electrons. The summed E-state index contributed by atoms with van der Waals surface area (Å²) in [4.78, 5) is 6.00. The third-order valence-corrected chi connectivity index (χ3v) is 6.36. The maximum Gasteiger partial charge on any atom is 0.203 e. The van der Waals surface area contributed by atoms with Crippen LogP contribution in [-0.2, 0) is 0 Å². The maximum absolute atomic E-state index is 10.4. The van der Waals surface area contributed by atoms with Crippen LogP contribution in [0.5, 0.6) is 23.0 Å². The standard InChI is InChI=1S/C24H23NO4S/c1-27-20-12-15(13-21(28-2)24(20)29-3)23-14-18(16-8-4-6-10-19(16)26)25-17-9-5-7-11-22(17)30-23/h4-13,23,26H,14H2,1-3H3. The van der Waals surface area contributed by atoms with E-state index in [-0.39, 0.29) is 11.0 Å². The zero-order valence-electron chi connectivity index (χ0n) is 17.1. The van der Waals surface area contributed by atoms with E-state index in [0.717, 1.165) is 27.4 Å². The van der Waals surface area contributed by atoms with Crippen molar-refractivity contribution in [2.45, 2.75) is 16.6 Å². The fourth-order valence-electron chi connectivity index (χ4n) is 3.57. The van der Waals surface area contributed by atoms with Crippen molar-refractivity contribution >= 4 is 23.2 Å². The summed E-state index contributed by atoms with van der Waals surface area (Å²) in [7, 11) is 4.83. The van der Waals surface area contributed by atoms with E-state index in [1.54, 1.807) is 39.2 Å². The van der Waals surface area contributed by atoms with Gasteiger partial charge in [-0.05, 0) is 42.0 Å². The second-order valence-electron chi connectivity index (χ2n) is 6.81. The lowest BCUT2D eigenvalue weighted by molar-refractivity contribution is 0.324. The molecule has 154 valence electrons. The summed E-state index contributed by atoms with van der Waals surface area (Å²) in [5.74, 6) is 2.03. The van der Waals surface area contributed by atoms with Gasteiger partial charge in [-0.3, -0.25) is 4.99 Å². The van der Waals surface area contributed by atoms with E-state index >= 15 is 0 Å². The van der Waals surface area contributed by atoms with Crippen LogP contribution >= 0.6 is 11.8 Å². The quantitative estimate of drug-likeness (QED) is 0.566. The molecule has 0 amide bonds. The summed E-state index contributed by atoms with van der Waals surface area (Å²) in [6.45, 7) is 0. The van der Waals surface area contributed by atoms with Crippen LogP contribution in [0.4, 0.5) is 5.69 Å². The number of nitrogens with zero attached hydrogens (tertiary/aromatic N) is 1. The Morgan fingerprint density at radius 3 is 2.23 bits per heavy atom. The first-order valence-corrected chi connectivity index (χ1v) is 10.4. The number of methoxy groups -OCH3 is 3. The number of phenolic OH excluding ortho intramolecular Hbond substituents is 1. The smallest absolute Gasteiger partial charge is 0.203 e. The van der Waals surface area contributed by atoms with Crippen LogP contribution in [0, 0.1) is 0 Å². The van der Waals surface area contributed by atoms with E-state index in [0.29, 0.717) is 23.7 Å². The first kappa shape index (κ1) is 20.2. The van der Waals surface area contributed by atoms with Crippen molar-refractivity contribution in [3.63, 3.8) is 0 Å². The Hall–Kier alpha value is -3.12. The van der Waals surface area contributed by atoms with Crippen LogP contribution in [0.25, 0.3) is 0 Å². The van der Waals surface area contributed by atoms with Crippen molar-refractivity contribution in [2.75, 3.05) is 21.3 Å². The average molecular weight is 422 g/mol. The minimum atomic E-state index is 0.0423. The molecule has 0 fully saturated rings. The molecule has 4 rings (SSSR count). The number of benzene rings is 3. The largest absolute Gasteiger partial charge is 0.507 e. The van der Waals surface area contributed by atoms with Gasteiger partial charge < -0.3 is 19.3 Å². The third kappa shape index (κ3) is 3.83. The minimum absolute atomic E-state index is 0.0423. The molecule has 1 aliphatic heterocycles. The Kier molecular flexibility index (Phi) is 5.86. The topological polar surface area (TPSA) is 60.3 Å². The maximum atomic E-state index is 10.4. The van der Waals surface area contributed by atoms with Crippen molar-refractivity contribution in [1.29, 1.82) is 0 Å². The van der Waals surface area contributed by atoms with Crippen molar-refractivity contribution in [3.8, 4) is 23.0 Å². The molecular weight excluding hydrogens is 398 g/mol. The molecule has 0 saturated carbocycles. The number of para-hydroxylation sites is 2. The molecule has 1 aliphatic rings. The van der Waals surface area contributed by atoms with Gasteiger partial charge in [0.25, 0.3) is 0 Å². The minimum Gasteiger partial charge on any atom is -0.507 e. The van der Waals surface area contributed by atoms with Gasteiger partial charge in [0.1, 0.15) is 5.75 Å². The molecule has 3 aromatic rings. The van der Waals surface area contributed by atoms with Crippen LogP contribution in [0.2, 0.25) is 0 Å². The second kappa shape index (κ2) is 8.71. The molecular formula is C24H23NO4S. The highest BCUT2D eigenvalue weighted by molar-refractivity contribution is 7.99.